The van der Waals surface area contributed by atoms with Gasteiger partial charge in [0.2, 0.25) is 0 Å². The average molecular weight is 248 g/mol. The summed E-state index contributed by atoms with van der Waals surface area (Å²) in [5.74, 6) is 0.0182. The molecule has 0 amide bonds. The Balaban J connectivity index is 2.48. The number of benzene rings is 2. The minimum atomic E-state index is 0.0182. The molecule has 2 heteroatoms. The third kappa shape index (κ3) is 1.80. The minimum Gasteiger partial charge on any atom is -0.872 e. The molecule has 0 aromatic heterocycles. The molecule has 0 spiro atoms. The van der Waals surface area contributed by atoms with Crippen LogP contribution in [0, 0.1) is 0 Å². The highest BCUT2D eigenvalue weighted by Gasteiger charge is 1.96. The van der Waals surface area contributed by atoms with Crippen LogP contribution in [0.25, 0.3) is 11.1 Å². The molecule has 2 rings (SSSR count). The fraction of sp³-hybridized carbons (Fsp3) is 0. The maximum Gasteiger partial charge on any atom is 0.0102 e. The van der Waals surface area contributed by atoms with E-state index in [2.05, 4.69) is 15.9 Å². The van der Waals surface area contributed by atoms with E-state index in [1.165, 1.54) is 0 Å². The first-order valence-electron chi connectivity index (χ1n) is 4.29. The molecule has 0 aliphatic heterocycles. The van der Waals surface area contributed by atoms with Gasteiger partial charge in [0, 0.05) is 4.47 Å². The quantitative estimate of drug-likeness (QED) is 0.760. The first kappa shape index (κ1) is 9.28. The molecule has 70 valence electrons. The highest BCUT2D eigenvalue weighted by atomic mass is 79.9. The van der Waals surface area contributed by atoms with E-state index in [1.54, 1.807) is 6.07 Å². The zero-order chi connectivity index (χ0) is 9.97. The lowest BCUT2D eigenvalue weighted by Gasteiger charge is -2.10. The second-order valence-corrected chi connectivity index (χ2v) is 3.87. The Morgan fingerprint density at radius 3 is 2.21 bits per heavy atom. The molecule has 0 unspecified atom stereocenters. The highest BCUT2D eigenvalue weighted by Crippen LogP contribution is 2.27. The lowest BCUT2D eigenvalue weighted by Crippen LogP contribution is -1.90. The standard InChI is InChI=1S/C12H9BrO/c13-11-8-10(6-7-12(11)14)9-4-2-1-3-5-9/h1-8,14H/p-1. The molecule has 0 aliphatic rings. The molecule has 0 fully saturated rings. The zero-order valence-corrected chi connectivity index (χ0v) is 8.99. The Kier molecular flexibility index (Phi) is 2.55. The summed E-state index contributed by atoms with van der Waals surface area (Å²) in [6.45, 7) is 0. The molecule has 2 aromatic rings. The monoisotopic (exact) mass is 247 g/mol. The van der Waals surface area contributed by atoms with Crippen molar-refractivity contribution in [2.75, 3.05) is 0 Å². The SMILES string of the molecule is [O-]c1ccc(-c2ccccc2)cc1Br. The fourth-order valence-electron chi connectivity index (χ4n) is 1.31. The fourth-order valence-corrected chi connectivity index (χ4v) is 1.69. The topological polar surface area (TPSA) is 23.1 Å². The molecule has 0 N–H and O–H groups in total. The molecular formula is C12H8BrO-. The van der Waals surface area contributed by atoms with Gasteiger partial charge in [0.25, 0.3) is 0 Å². The van der Waals surface area contributed by atoms with Crippen LogP contribution in [0.2, 0.25) is 0 Å². The third-order valence-corrected chi connectivity index (χ3v) is 2.66. The van der Waals surface area contributed by atoms with Crippen molar-refractivity contribution in [3.63, 3.8) is 0 Å². The summed E-state index contributed by atoms with van der Waals surface area (Å²) in [4.78, 5) is 0. The lowest BCUT2D eigenvalue weighted by atomic mass is 10.1. The molecule has 0 bridgehead atoms. The van der Waals surface area contributed by atoms with Gasteiger partial charge in [0.05, 0.1) is 0 Å². The highest BCUT2D eigenvalue weighted by molar-refractivity contribution is 9.10. The largest absolute Gasteiger partial charge is 0.872 e. The van der Waals surface area contributed by atoms with Gasteiger partial charge >= 0.3 is 0 Å². The van der Waals surface area contributed by atoms with E-state index in [1.807, 2.05) is 42.5 Å². The van der Waals surface area contributed by atoms with E-state index in [0.29, 0.717) is 4.47 Å². The van der Waals surface area contributed by atoms with E-state index in [9.17, 15) is 5.11 Å². The third-order valence-electron chi connectivity index (χ3n) is 2.04. The number of rotatable bonds is 1. The molecule has 0 radical (unpaired) electrons. The second-order valence-electron chi connectivity index (χ2n) is 3.01. The molecule has 0 atom stereocenters. The summed E-state index contributed by atoms with van der Waals surface area (Å²) in [5.41, 5.74) is 2.17. The van der Waals surface area contributed by atoms with Crippen LogP contribution >= 0.6 is 15.9 Å². The summed E-state index contributed by atoms with van der Waals surface area (Å²) in [5, 5.41) is 11.2. The zero-order valence-electron chi connectivity index (χ0n) is 7.41. The van der Waals surface area contributed by atoms with Crippen molar-refractivity contribution in [1.82, 2.24) is 0 Å². The number of hydrogen-bond acceptors (Lipinski definition) is 1. The maximum atomic E-state index is 11.2. The predicted molar refractivity (Wildman–Crippen MR) is 59.0 cm³/mol. The van der Waals surface area contributed by atoms with Crippen molar-refractivity contribution >= 4 is 15.9 Å². The molecule has 0 aliphatic carbocycles. The molecule has 2 aromatic carbocycles. The van der Waals surface area contributed by atoms with Crippen molar-refractivity contribution in [2.24, 2.45) is 0 Å². The Labute approximate surface area is 91.2 Å². The van der Waals surface area contributed by atoms with Crippen molar-refractivity contribution < 1.29 is 5.11 Å². The molecule has 14 heavy (non-hydrogen) atoms. The van der Waals surface area contributed by atoms with Gasteiger partial charge in [0.15, 0.2) is 0 Å². The van der Waals surface area contributed by atoms with Crippen molar-refractivity contribution in [2.45, 2.75) is 0 Å². The summed E-state index contributed by atoms with van der Waals surface area (Å²) in [6.07, 6.45) is 0. The Hall–Kier alpha value is -1.28. The van der Waals surface area contributed by atoms with Crippen LogP contribution in [-0.4, -0.2) is 0 Å². The molecule has 0 saturated heterocycles. The smallest absolute Gasteiger partial charge is 0.0102 e. The Bertz CT molecular complexity index is 437. The molecule has 1 nitrogen and oxygen atoms in total. The van der Waals surface area contributed by atoms with Crippen LogP contribution in [-0.2, 0) is 0 Å². The maximum absolute atomic E-state index is 11.2. The second kappa shape index (κ2) is 3.84. The number of halogens is 1. The normalized spacial score (nSPS) is 10.1. The van der Waals surface area contributed by atoms with Crippen LogP contribution in [0.3, 0.4) is 0 Å². The van der Waals surface area contributed by atoms with E-state index >= 15 is 0 Å². The Morgan fingerprint density at radius 2 is 1.57 bits per heavy atom. The van der Waals surface area contributed by atoms with Crippen LogP contribution in [0.1, 0.15) is 0 Å². The summed E-state index contributed by atoms with van der Waals surface area (Å²) >= 11 is 3.23. The van der Waals surface area contributed by atoms with Gasteiger partial charge < -0.3 is 5.11 Å². The van der Waals surface area contributed by atoms with E-state index in [-0.39, 0.29) is 5.75 Å². The Morgan fingerprint density at radius 1 is 0.857 bits per heavy atom. The van der Waals surface area contributed by atoms with Crippen molar-refractivity contribution in [3.05, 3.63) is 53.0 Å². The van der Waals surface area contributed by atoms with Gasteiger partial charge in [0.1, 0.15) is 0 Å². The van der Waals surface area contributed by atoms with Crippen LogP contribution in [0.5, 0.6) is 5.75 Å². The summed E-state index contributed by atoms with van der Waals surface area (Å²) in [6, 6.07) is 15.2. The molecule has 0 heterocycles. The molecule has 0 saturated carbocycles. The van der Waals surface area contributed by atoms with Gasteiger partial charge in [-0.3, -0.25) is 0 Å². The van der Waals surface area contributed by atoms with E-state index in [0.717, 1.165) is 11.1 Å². The van der Waals surface area contributed by atoms with Gasteiger partial charge in [-0.15, -0.1) is 0 Å². The van der Waals surface area contributed by atoms with Crippen LogP contribution in [0.4, 0.5) is 0 Å². The van der Waals surface area contributed by atoms with E-state index in [4.69, 9.17) is 0 Å². The van der Waals surface area contributed by atoms with Crippen molar-refractivity contribution in [1.29, 1.82) is 0 Å². The first-order valence-corrected chi connectivity index (χ1v) is 5.08. The summed E-state index contributed by atoms with van der Waals surface area (Å²) in [7, 11) is 0. The van der Waals surface area contributed by atoms with Gasteiger partial charge in [-0.25, -0.2) is 0 Å². The lowest BCUT2D eigenvalue weighted by molar-refractivity contribution is -0.269. The van der Waals surface area contributed by atoms with Gasteiger partial charge in [-0.1, -0.05) is 64.1 Å². The van der Waals surface area contributed by atoms with Crippen molar-refractivity contribution in [3.8, 4) is 16.9 Å². The first-order chi connectivity index (χ1) is 6.77. The van der Waals surface area contributed by atoms with Gasteiger partial charge in [-0.05, 0) is 17.2 Å². The van der Waals surface area contributed by atoms with Crippen LogP contribution < -0.4 is 5.11 Å². The van der Waals surface area contributed by atoms with Gasteiger partial charge in [-0.2, -0.15) is 0 Å². The number of hydrogen-bond donors (Lipinski definition) is 0. The minimum absolute atomic E-state index is 0.0182. The van der Waals surface area contributed by atoms with E-state index < -0.39 is 0 Å². The summed E-state index contributed by atoms with van der Waals surface area (Å²) < 4.78 is 0.610. The molecular weight excluding hydrogens is 240 g/mol. The average Bonchev–Trinajstić information content (AvgIpc) is 2.23. The van der Waals surface area contributed by atoms with Crippen LogP contribution in [0.15, 0.2) is 53.0 Å². The predicted octanol–water partition coefficient (Wildman–Crippen LogP) is 3.19.